The maximum Gasteiger partial charge on any atom is 0.574 e. The number of pyridine rings is 1. The summed E-state index contributed by atoms with van der Waals surface area (Å²) in [5.41, 5.74) is -0.476. The van der Waals surface area contributed by atoms with Crippen LogP contribution in [0.5, 0.6) is 5.88 Å². The molecule has 0 aliphatic heterocycles. The van der Waals surface area contributed by atoms with Crippen LogP contribution in [0.25, 0.3) is 0 Å². The zero-order valence-corrected chi connectivity index (χ0v) is 9.67. The van der Waals surface area contributed by atoms with Crippen molar-refractivity contribution < 1.29 is 27.1 Å². The minimum absolute atomic E-state index is 0.0202. The summed E-state index contributed by atoms with van der Waals surface area (Å²) in [6.45, 7) is -0.983. The Morgan fingerprint density at radius 3 is 2.56 bits per heavy atom. The number of rotatable bonds is 3. The maximum absolute atomic E-state index is 12.4. The molecular weight excluding hydrogens is 345 g/mol. The van der Waals surface area contributed by atoms with Crippen molar-refractivity contribution in [1.29, 1.82) is 0 Å². The summed E-state index contributed by atoms with van der Waals surface area (Å²) in [4.78, 5) is 13.7. The lowest BCUT2D eigenvalue weighted by Crippen LogP contribution is -2.19. The van der Waals surface area contributed by atoms with E-state index in [0.717, 1.165) is 6.07 Å². The van der Waals surface area contributed by atoms with Crippen molar-refractivity contribution in [2.24, 2.45) is 0 Å². The molecule has 0 unspecified atom stereocenters. The fourth-order valence-corrected chi connectivity index (χ4v) is 1.52. The molecule has 0 atom stereocenters. The number of carbonyl (C=O) groups is 1. The first-order chi connectivity index (χ1) is 7.37. The van der Waals surface area contributed by atoms with E-state index in [2.05, 4.69) is 9.72 Å². The van der Waals surface area contributed by atoms with Crippen molar-refractivity contribution >= 4 is 28.9 Å². The maximum atomic E-state index is 12.4. The van der Waals surface area contributed by atoms with Gasteiger partial charge in [0, 0.05) is 5.56 Å². The molecule has 88 valence electrons. The normalized spacial score (nSPS) is 11.3. The number of aldehydes is 1. The van der Waals surface area contributed by atoms with Crippen LogP contribution in [0, 0.1) is 3.57 Å². The topological polar surface area (TPSA) is 39.2 Å². The van der Waals surface area contributed by atoms with Gasteiger partial charge in [0.05, 0.1) is 3.57 Å². The van der Waals surface area contributed by atoms with E-state index in [1.54, 1.807) is 0 Å². The van der Waals surface area contributed by atoms with Gasteiger partial charge in [-0.15, -0.1) is 13.2 Å². The second kappa shape index (κ2) is 4.93. The van der Waals surface area contributed by atoms with Gasteiger partial charge in [0.2, 0.25) is 5.88 Å². The average Bonchev–Trinajstić information content (AvgIpc) is 2.18. The van der Waals surface area contributed by atoms with Crippen LogP contribution in [0.4, 0.5) is 17.6 Å². The number of carbonyl (C=O) groups excluding carboxylic acids is 1. The van der Waals surface area contributed by atoms with Crippen LogP contribution in [0.15, 0.2) is 6.07 Å². The molecule has 1 aromatic heterocycles. The Balaban J connectivity index is 3.16. The van der Waals surface area contributed by atoms with Gasteiger partial charge in [-0.1, -0.05) is 0 Å². The highest BCUT2D eigenvalue weighted by molar-refractivity contribution is 14.1. The van der Waals surface area contributed by atoms with Crippen LogP contribution in [-0.4, -0.2) is 17.6 Å². The Morgan fingerprint density at radius 2 is 2.12 bits per heavy atom. The van der Waals surface area contributed by atoms with Gasteiger partial charge < -0.3 is 4.74 Å². The van der Waals surface area contributed by atoms with Crippen LogP contribution < -0.4 is 4.74 Å². The third kappa shape index (κ3) is 3.29. The van der Waals surface area contributed by atoms with Crippen LogP contribution in [0.2, 0.25) is 0 Å². The number of aromatic nitrogens is 1. The van der Waals surface area contributed by atoms with Gasteiger partial charge >= 0.3 is 6.36 Å². The zero-order chi connectivity index (χ0) is 12.3. The average molecular weight is 349 g/mol. The Bertz CT molecular complexity index is 408. The molecule has 8 heteroatoms. The first-order valence-electron chi connectivity index (χ1n) is 3.83. The number of halogens is 5. The molecule has 0 aromatic carbocycles. The molecule has 0 aliphatic rings. The van der Waals surface area contributed by atoms with Crippen molar-refractivity contribution in [3.8, 4) is 5.88 Å². The molecule has 0 bridgehead atoms. The van der Waals surface area contributed by atoms with Gasteiger partial charge in [0.25, 0.3) is 0 Å². The molecule has 0 aliphatic carbocycles. The fourth-order valence-electron chi connectivity index (χ4n) is 0.914. The minimum Gasteiger partial charge on any atom is -0.387 e. The molecule has 0 saturated carbocycles. The summed E-state index contributed by atoms with van der Waals surface area (Å²) in [5, 5.41) is 0. The van der Waals surface area contributed by atoms with Crippen molar-refractivity contribution in [3.05, 3.63) is 20.9 Å². The van der Waals surface area contributed by atoms with E-state index in [-0.39, 0.29) is 15.4 Å². The lowest BCUT2D eigenvalue weighted by Gasteiger charge is -2.10. The highest BCUT2D eigenvalue weighted by Gasteiger charge is 2.33. The van der Waals surface area contributed by atoms with E-state index in [4.69, 9.17) is 0 Å². The summed E-state index contributed by atoms with van der Waals surface area (Å²) in [7, 11) is 0. The monoisotopic (exact) mass is 349 g/mol. The lowest BCUT2D eigenvalue weighted by atomic mass is 10.2. The van der Waals surface area contributed by atoms with E-state index in [0.29, 0.717) is 0 Å². The van der Waals surface area contributed by atoms with Crippen molar-refractivity contribution in [2.75, 3.05) is 0 Å². The van der Waals surface area contributed by atoms with Crippen LogP contribution in [0.1, 0.15) is 16.1 Å². The molecule has 0 saturated heterocycles. The molecular formula is C8H4F4INO2. The number of hydrogen-bond donors (Lipinski definition) is 0. The SMILES string of the molecule is O=Cc1nc(OC(F)(F)F)c(I)cc1CF. The zero-order valence-electron chi connectivity index (χ0n) is 7.52. The van der Waals surface area contributed by atoms with Gasteiger partial charge in [-0.05, 0) is 28.7 Å². The Hall–Kier alpha value is -0.930. The molecule has 0 N–H and O–H groups in total. The van der Waals surface area contributed by atoms with Crippen molar-refractivity contribution in [2.45, 2.75) is 13.0 Å². The summed E-state index contributed by atoms with van der Waals surface area (Å²) in [6, 6.07) is 1.08. The van der Waals surface area contributed by atoms with Crippen molar-refractivity contribution in [1.82, 2.24) is 4.98 Å². The Kier molecular flexibility index (Phi) is 4.05. The van der Waals surface area contributed by atoms with E-state index in [1.165, 1.54) is 22.6 Å². The van der Waals surface area contributed by atoms with E-state index < -0.39 is 24.6 Å². The molecule has 1 heterocycles. The summed E-state index contributed by atoms with van der Waals surface area (Å²) in [5.74, 6) is -0.757. The molecule has 0 spiro atoms. The Labute approximate surface area is 101 Å². The smallest absolute Gasteiger partial charge is 0.387 e. The van der Waals surface area contributed by atoms with E-state index >= 15 is 0 Å². The number of nitrogens with zero attached hydrogens (tertiary/aromatic N) is 1. The quantitative estimate of drug-likeness (QED) is 0.479. The predicted octanol–water partition coefficient (Wildman–Crippen LogP) is 2.87. The third-order valence-corrected chi connectivity index (χ3v) is 2.30. The van der Waals surface area contributed by atoms with Crippen molar-refractivity contribution in [3.63, 3.8) is 0 Å². The standard InChI is InChI=1S/C8H4F4INO2/c9-2-4-1-5(13)7(14-6(4)3-15)16-8(10,11)12/h1,3H,2H2. The first-order valence-corrected chi connectivity index (χ1v) is 4.91. The Morgan fingerprint density at radius 1 is 1.50 bits per heavy atom. The highest BCUT2D eigenvalue weighted by Crippen LogP contribution is 2.27. The highest BCUT2D eigenvalue weighted by atomic mass is 127. The van der Waals surface area contributed by atoms with Gasteiger partial charge in [-0.3, -0.25) is 4.79 Å². The number of alkyl halides is 4. The number of ether oxygens (including phenoxy) is 1. The van der Waals surface area contributed by atoms with E-state index in [1.807, 2.05) is 0 Å². The third-order valence-electron chi connectivity index (χ3n) is 1.52. The van der Waals surface area contributed by atoms with E-state index in [9.17, 15) is 22.4 Å². The van der Waals surface area contributed by atoms with Gasteiger partial charge in [-0.25, -0.2) is 9.37 Å². The van der Waals surface area contributed by atoms with Crippen LogP contribution in [-0.2, 0) is 6.67 Å². The molecule has 0 amide bonds. The van der Waals surface area contributed by atoms with Crippen LogP contribution >= 0.6 is 22.6 Å². The van der Waals surface area contributed by atoms with Gasteiger partial charge in [-0.2, -0.15) is 0 Å². The lowest BCUT2D eigenvalue weighted by molar-refractivity contribution is -0.276. The molecule has 1 rings (SSSR count). The van der Waals surface area contributed by atoms with Gasteiger partial charge in [0.1, 0.15) is 12.4 Å². The molecule has 0 fully saturated rings. The minimum atomic E-state index is -4.90. The largest absolute Gasteiger partial charge is 0.574 e. The molecule has 3 nitrogen and oxygen atoms in total. The molecule has 16 heavy (non-hydrogen) atoms. The molecule has 0 radical (unpaired) electrons. The molecule has 1 aromatic rings. The summed E-state index contributed by atoms with van der Waals surface area (Å²) < 4.78 is 51.6. The van der Waals surface area contributed by atoms with Gasteiger partial charge in [0.15, 0.2) is 6.29 Å². The van der Waals surface area contributed by atoms with Crippen LogP contribution in [0.3, 0.4) is 0 Å². The summed E-state index contributed by atoms with van der Waals surface area (Å²) >= 11 is 1.51. The fraction of sp³-hybridized carbons (Fsp3) is 0.250. The second-order valence-electron chi connectivity index (χ2n) is 2.62. The first kappa shape index (κ1) is 13.1. The predicted molar refractivity (Wildman–Crippen MR) is 53.8 cm³/mol. The second-order valence-corrected chi connectivity index (χ2v) is 3.78. The number of hydrogen-bond acceptors (Lipinski definition) is 3. The summed E-state index contributed by atoms with van der Waals surface area (Å²) in [6.07, 6.45) is -4.72.